The lowest BCUT2D eigenvalue weighted by atomic mass is 9.94. The van der Waals surface area contributed by atoms with Crippen LogP contribution < -0.4 is 4.74 Å². The van der Waals surface area contributed by atoms with Crippen molar-refractivity contribution >= 4 is 15.9 Å². The van der Waals surface area contributed by atoms with Crippen LogP contribution in [0.15, 0.2) is 22.7 Å². The van der Waals surface area contributed by atoms with Crippen LogP contribution in [-0.4, -0.2) is 11.2 Å². The fourth-order valence-electron chi connectivity index (χ4n) is 2.16. The Kier molecular flexibility index (Phi) is 3.55. The Labute approximate surface area is 105 Å². The van der Waals surface area contributed by atoms with Crippen LogP contribution in [-0.2, 0) is 0 Å². The molecule has 2 rings (SSSR count). The van der Waals surface area contributed by atoms with Gasteiger partial charge in [0, 0.05) is 16.5 Å². The second kappa shape index (κ2) is 4.76. The number of hydrogen-bond donors (Lipinski definition) is 1. The van der Waals surface area contributed by atoms with E-state index < -0.39 is 6.10 Å². The van der Waals surface area contributed by atoms with Crippen LogP contribution in [0.1, 0.15) is 38.4 Å². The first-order chi connectivity index (χ1) is 7.56. The lowest BCUT2D eigenvalue weighted by Crippen LogP contribution is -2.27. The Morgan fingerprint density at radius 1 is 1.50 bits per heavy atom. The average molecular weight is 285 g/mol. The van der Waals surface area contributed by atoms with Crippen molar-refractivity contribution in [3.05, 3.63) is 28.2 Å². The maximum Gasteiger partial charge on any atom is 0.125 e. The Hall–Kier alpha value is -0.540. The highest BCUT2D eigenvalue weighted by Gasteiger charge is 2.27. The maximum absolute atomic E-state index is 10.1. The van der Waals surface area contributed by atoms with Crippen molar-refractivity contribution in [3.63, 3.8) is 0 Å². The van der Waals surface area contributed by atoms with E-state index in [9.17, 15) is 5.11 Å². The van der Waals surface area contributed by atoms with Crippen molar-refractivity contribution in [3.8, 4) is 5.75 Å². The zero-order valence-electron chi connectivity index (χ0n) is 9.61. The standard InChI is InChI=1S/C13H17BrO2/c1-8(2)5-10-7-12(15)11-6-9(14)3-4-13(11)16-10/h3-4,6,8,10,12,15H,5,7H2,1-2H3/t10?,12-/m1/s1. The van der Waals surface area contributed by atoms with E-state index in [1.165, 1.54) is 0 Å². The van der Waals surface area contributed by atoms with Crippen LogP contribution in [0.3, 0.4) is 0 Å². The van der Waals surface area contributed by atoms with Gasteiger partial charge in [-0.1, -0.05) is 29.8 Å². The van der Waals surface area contributed by atoms with Gasteiger partial charge in [-0.2, -0.15) is 0 Å². The van der Waals surface area contributed by atoms with E-state index in [0.717, 1.165) is 22.2 Å². The molecular weight excluding hydrogens is 268 g/mol. The maximum atomic E-state index is 10.1. The van der Waals surface area contributed by atoms with Crippen molar-refractivity contribution in [2.24, 2.45) is 5.92 Å². The summed E-state index contributed by atoms with van der Waals surface area (Å²) >= 11 is 3.41. The number of aliphatic hydroxyl groups excluding tert-OH is 1. The highest BCUT2D eigenvalue weighted by atomic mass is 79.9. The van der Waals surface area contributed by atoms with E-state index in [4.69, 9.17) is 4.74 Å². The molecule has 1 heterocycles. The molecule has 0 aromatic heterocycles. The number of halogens is 1. The number of benzene rings is 1. The van der Waals surface area contributed by atoms with Gasteiger partial charge in [0.15, 0.2) is 0 Å². The van der Waals surface area contributed by atoms with Crippen LogP contribution in [0.2, 0.25) is 0 Å². The molecule has 1 aromatic rings. The van der Waals surface area contributed by atoms with Crippen molar-refractivity contribution in [1.29, 1.82) is 0 Å². The van der Waals surface area contributed by atoms with Gasteiger partial charge in [-0.25, -0.2) is 0 Å². The molecule has 16 heavy (non-hydrogen) atoms. The molecule has 0 amide bonds. The SMILES string of the molecule is CC(C)CC1C[C@@H](O)c2cc(Br)ccc2O1. The Morgan fingerprint density at radius 2 is 2.25 bits per heavy atom. The van der Waals surface area contributed by atoms with Gasteiger partial charge in [-0.15, -0.1) is 0 Å². The van der Waals surface area contributed by atoms with Crippen LogP contribution in [0.4, 0.5) is 0 Å². The molecule has 0 aliphatic carbocycles. The predicted molar refractivity (Wildman–Crippen MR) is 67.6 cm³/mol. The molecule has 1 aliphatic rings. The summed E-state index contributed by atoms with van der Waals surface area (Å²) in [6.07, 6.45) is 1.43. The van der Waals surface area contributed by atoms with Crippen LogP contribution in [0.5, 0.6) is 5.75 Å². The minimum absolute atomic E-state index is 0.142. The molecular formula is C13H17BrO2. The molecule has 1 N–H and O–H groups in total. The molecule has 0 spiro atoms. The lowest BCUT2D eigenvalue weighted by molar-refractivity contribution is 0.0556. The summed E-state index contributed by atoms with van der Waals surface area (Å²) in [6.45, 7) is 4.35. The van der Waals surface area contributed by atoms with Gasteiger partial charge in [-0.05, 0) is 30.5 Å². The van der Waals surface area contributed by atoms with E-state index in [-0.39, 0.29) is 6.10 Å². The normalized spacial score (nSPS) is 24.1. The predicted octanol–water partition coefficient (Wildman–Crippen LogP) is 3.68. The minimum atomic E-state index is -0.398. The monoisotopic (exact) mass is 284 g/mol. The van der Waals surface area contributed by atoms with Crippen molar-refractivity contribution in [2.45, 2.75) is 38.9 Å². The highest BCUT2D eigenvalue weighted by Crippen LogP contribution is 2.37. The van der Waals surface area contributed by atoms with E-state index in [0.29, 0.717) is 12.3 Å². The molecule has 88 valence electrons. The van der Waals surface area contributed by atoms with Crippen LogP contribution in [0, 0.1) is 5.92 Å². The number of hydrogen-bond acceptors (Lipinski definition) is 2. The third-order valence-corrected chi connectivity index (χ3v) is 3.34. The fraction of sp³-hybridized carbons (Fsp3) is 0.538. The Morgan fingerprint density at radius 3 is 2.94 bits per heavy atom. The van der Waals surface area contributed by atoms with Crippen LogP contribution in [0.25, 0.3) is 0 Å². The second-order valence-corrected chi connectivity index (χ2v) is 5.72. The van der Waals surface area contributed by atoms with E-state index in [2.05, 4.69) is 29.8 Å². The third-order valence-electron chi connectivity index (χ3n) is 2.84. The fourth-order valence-corrected chi connectivity index (χ4v) is 2.54. The van der Waals surface area contributed by atoms with Crippen molar-refractivity contribution < 1.29 is 9.84 Å². The van der Waals surface area contributed by atoms with Crippen molar-refractivity contribution in [1.82, 2.24) is 0 Å². The average Bonchev–Trinajstić information content (AvgIpc) is 2.18. The number of aliphatic hydroxyl groups is 1. The van der Waals surface area contributed by atoms with Crippen LogP contribution >= 0.6 is 15.9 Å². The second-order valence-electron chi connectivity index (χ2n) is 4.80. The summed E-state index contributed by atoms with van der Waals surface area (Å²) in [6, 6.07) is 5.81. The lowest BCUT2D eigenvalue weighted by Gasteiger charge is -2.30. The first-order valence-electron chi connectivity index (χ1n) is 5.70. The quantitative estimate of drug-likeness (QED) is 0.898. The molecule has 2 atom stereocenters. The zero-order valence-corrected chi connectivity index (χ0v) is 11.2. The number of ether oxygens (including phenoxy) is 1. The van der Waals surface area contributed by atoms with E-state index >= 15 is 0 Å². The molecule has 2 nitrogen and oxygen atoms in total. The summed E-state index contributed by atoms with van der Waals surface area (Å²) in [5, 5.41) is 10.1. The molecule has 1 aromatic carbocycles. The first kappa shape index (κ1) is 11.9. The Balaban J connectivity index is 2.20. The van der Waals surface area contributed by atoms with Gasteiger partial charge in [0.25, 0.3) is 0 Å². The summed E-state index contributed by atoms with van der Waals surface area (Å²) < 4.78 is 6.87. The van der Waals surface area contributed by atoms with Gasteiger partial charge in [0.05, 0.1) is 6.10 Å². The summed E-state index contributed by atoms with van der Waals surface area (Å²) in [4.78, 5) is 0. The molecule has 1 unspecified atom stereocenters. The highest BCUT2D eigenvalue weighted by molar-refractivity contribution is 9.10. The molecule has 3 heteroatoms. The topological polar surface area (TPSA) is 29.5 Å². The molecule has 0 fully saturated rings. The molecule has 0 saturated heterocycles. The first-order valence-corrected chi connectivity index (χ1v) is 6.49. The molecule has 0 radical (unpaired) electrons. The molecule has 1 aliphatic heterocycles. The minimum Gasteiger partial charge on any atom is -0.490 e. The third kappa shape index (κ3) is 2.58. The summed E-state index contributed by atoms with van der Waals surface area (Å²) in [5.74, 6) is 1.42. The molecule has 0 bridgehead atoms. The zero-order chi connectivity index (χ0) is 11.7. The summed E-state index contributed by atoms with van der Waals surface area (Å²) in [5.41, 5.74) is 0.898. The summed E-state index contributed by atoms with van der Waals surface area (Å²) in [7, 11) is 0. The largest absolute Gasteiger partial charge is 0.490 e. The number of rotatable bonds is 2. The van der Waals surface area contributed by atoms with Gasteiger partial charge < -0.3 is 9.84 Å². The van der Waals surface area contributed by atoms with E-state index in [1.54, 1.807) is 0 Å². The van der Waals surface area contributed by atoms with Gasteiger partial charge in [0.1, 0.15) is 11.9 Å². The van der Waals surface area contributed by atoms with Gasteiger partial charge >= 0.3 is 0 Å². The Bertz CT molecular complexity index is 376. The van der Waals surface area contributed by atoms with Crippen molar-refractivity contribution in [2.75, 3.05) is 0 Å². The van der Waals surface area contributed by atoms with E-state index in [1.807, 2.05) is 18.2 Å². The molecule has 0 saturated carbocycles. The van der Waals surface area contributed by atoms with Gasteiger partial charge in [-0.3, -0.25) is 0 Å². The smallest absolute Gasteiger partial charge is 0.125 e. The number of fused-ring (bicyclic) bond motifs is 1. The van der Waals surface area contributed by atoms with Gasteiger partial charge in [0.2, 0.25) is 0 Å².